The van der Waals surface area contributed by atoms with Crippen molar-refractivity contribution in [3.05, 3.63) is 0 Å². The Morgan fingerprint density at radius 2 is 1.67 bits per heavy atom. The first-order valence-corrected chi connectivity index (χ1v) is 5.01. The van der Waals surface area contributed by atoms with Crippen LogP contribution in [0.25, 0.3) is 0 Å². The maximum Gasteiger partial charge on any atom is 0.190 e. The van der Waals surface area contributed by atoms with E-state index in [9.17, 15) is 10.2 Å². The predicted molar refractivity (Wildman–Crippen MR) is 45.6 cm³/mol. The first kappa shape index (κ1) is 9.95. The van der Waals surface area contributed by atoms with E-state index in [1.807, 2.05) is 0 Å². The van der Waals surface area contributed by atoms with Gasteiger partial charge in [-0.25, -0.2) is 0 Å². The first-order valence-electron chi connectivity index (χ1n) is 5.01. The Balaban J connectivity index is 1.80. The van der Waals surface area contributed by atoms with Crippen LogP contribution in [0.2, 0.25) is 0 Å². The Morgan fingerprint density at radius 3 is 2.40 bits per heavy atom. The van der Waals surface area contributed by atoms with Crippen molar-refractivity contribution in [2.45, 2.75) is 56.6 Å². The number of fused-ring (bicyclic) bond motifs is 3. The van der Waals surface area contributed by atoms with Gasteiger partial charge in [-0.15, -0.1) is 0 Å². The van der Waals surface area contributed by atoms with Crippen LogP contribution in [-0.2, 0) is 18.9 Å². The van der Waals surface area contributed by atoms with E-state index in [1.54, 1.807) is 13.8 Å². The van der Waals surface area contributed by atoms with Gasteiger partial charge in [0.25, 0.3) is 0 Å². The van der Waals surface area contributed by atoms with Crippen LogP contribution in [0.15, 0.2) is 0 Å². The molecule has 0 aromatic carbocycles. The van der Waals surface area contributed by atoms with Crippen LogP contribution in [0.1, 0.15) is 13.8 Å². The van der Waals surface area contributed by atoms with Crippen LogP contribution in [0.5, 0.6) is 0 Å². The van der Waals surface area contributed by atoms with Crippen LogP contribution < -0.4 is 0 Å². The fourth-order valence-corrected chi connectivity index (χ4v) is 2.34. The number of aliphatic hydroxyl groups is 2. The van der Waals surface area contributed by atoms with Gasteiger partial charge in [0.1, 0.15) is 24.4 Å². The largest absolute Gasteiger partial charge is 0.385 e. The van der Waals surface area contributed by atoms with E-state index >= 15 is 0 Å². The molecule has 3 fully saturated rings. The van der Waals surface area contributed by atoms with Crippen molar-refractivity contribution in [1.29, 1.82) is 0 Å². The van der Waals surface area contributed by atoms with Crippen LogP contribution >= 0.6 is 0 Å². The fraction of sp³-hybridized carbons (Fsp3) is 1.00. The minimum absolute atomic E-state index is 0.378. The molecule has 0 saturated carbocycles. The third-order valence-corrected chi connectivity index (χ3v) is 2.95. The van der Waals surface area contributed by atoms with Crippen molar-refractivity contribution in [1.82, 2.24) is 0 Å². The Kier molecular flexibility index (Phi) is 1.93. The molecule has 0 aromatic rings. The number of hydrogen-bond donors (Lipinski definition) is 2. The maximum atomic E-state index is 9.54. The summed E-state index contributed by atoms with van der Waals surface area (Å²) in [7, 11) is 0. The molecule has 1 unspecified atom stereocenters. The minimum Gasteiger partial charge on any atom is -0.385 e. The molecular weight excluding hydrogens is 204 g/mol. The summed E-state index contributed by atoms with van der Waals surface area (Å²) >= 11 is 0. The van der Waals surface area contributed by atoms with E-state index in [-0.39, 0.29) is 6.10 Å². The van der Waals surface area contributed by atoms with E-state index < -0.39 is 36.7 Å². The molecule has 0 bridgehead atoms. The molecule has 0 spiro atoms. The van der Waals surface area contributed by atoms with Crippen molar-refractivity contribution in [2.75, 3.05) is 0 Å². The minimum atomic E-state index is -1.20. The molecule has 3 saturated heterocycles. The highest BCUT2D eigenvalue weighted by atomic mass is 16.9. The molecule has 6 heteroatoms. The molecule has 3 aliphatic heterocycles. The van der Waals surface area contributed by atoms with Crippen molar-refractivity contribution >= 4 is 0 Å². The zero-order valence-electron chi connectivity index (χ0n) is 8.49. The number of hydrogen-bond acceptors (Lipinski definition) is 6. The predicted octanol–water partition coefficient (Wildman–Crippen LogP) is -1.06. The molecule has 0 aromatic heterocycles. The fourth-order valence-electron chi connectivity index (χ4n) is 2.34. The molecule has 86 valence electrons. The topological polar surface area (TPSA) is 77.4 Å². The second-order valence-electron chi connectivity index (χ2n) is 4.55. The van der Waals surface area contributed by atoms with Crippen molar-refractivity contribution in [3.63, 3.8) is 0 Å². The molecular formula is C9H14O6. The van der Waals surface area contributed by atoms with Crippen molar-refractivity contribution in [3.8, 4) is 0 Å². The molecule has 2 N–H and O–H groups in total. The van der Waals surface area contributed by atoms with Gasteiger partial charge in [-0.3, -0.25) is 0 Å². The summed E-state index contributed by atoms with van der Waals surface area (Å²) in [4.78, 5) is 0. The van der Waals surface area contributed by atoms with E-state index in [1.165, 1.54) is 0 Å². The zero-order chi connectivity index (χ0) is 10.8. The molecule has 3 aliphatic rings. The summed E-state index contributed by atoms with van der Waals surface area (Å²) in [6.45, 7) is 3.57. The second kappa shape index (κ2) is 2.91. The lowest BCUT2D eigenvalue weighted by Gasteiger charge is -2.21. The summed E-state index contributed by atoms with van der Waals surface area (Å²) in [6.07, 6.45) is -4.15. The molecule has 3 rings (SSSR count). The third-order valence-electron chi connectivity index (χ3n) is 2.95. The van der Waals surface area contributed by atoms with Crippen LogP contribution in [-0.4, -0.2) is 53.0 Å². The molecule has 6 nitrogen and oxygen atoms in total. The average Bonchev–Trinajstić information content (AvgIpc) is 2.66. The molecule has 0 amide bonds. The molecule has 15 heavy (non-hydrogen) atoms. The molecule has 0 aliphatic carbocycles. The van der Waals surface area contributed by atoms with Gasteiger partial charge >= 0.3 is 0 Å². The van der Waals surface area contributed by atoms with Gasteiger partial charge in [0.2, 0.25) is 0 Å². The lowest BCUT2D eigenvalue weighted by Crippen LogP contribution is -2.35. The van der Waals surface area contributed by atoms with Crippen molar-refractivity contribution < 1.29 is 29.2 Å². The molecule has 0 radical (unpaired) electrons. The lowest BCUT2D eigenvalue weighted by molar-refractivity contribution is -0.214. The second-order valence-corrected chi connectivity index (χ2v) is 4.55. The van der Waals surface area contributed by atoms with E-state index in [2.05, 4.69) is 0 Å². The van der Waals surface area contributed by atoms with E-state index in [4.69, 9.17) is 18.9 Å². The first-order chi connectivity index (χ1) is 6.98. The Hall–Kier alpha value is -0.240. The summed E-state index contributed by atoms with van der Waals surface area (Å²) in [5.74, 6) is -0.706. The maximum absolute atomic E-state index is 9.54. The number of rotatable bonds is 0. The standard InChI is InChI=1S/C9H14O6/c1-9(2)14-6-5-4(13-8(6)15-9)3(10)7(11)12-5/h3-8,10-11H,1-2H3/t3-,4+,5-,6+,7?,8+/m0/s1. The van der Waals surface area contributed by atoms with Crippen LogP contribution in [0, 0.1) is 0 Å². The smallest absolute Gasteiger partial charge is 0.190 e. The van der Waals surface area contributed by atoms with Crippen LogP contribution in [0.3, 0.4) is 0 Å². The molecule has 6 atom stereocenters. The highest BCUT2D eigenvalue weighted by molar-refractivity contribution is 5.01. The van der Waals surface area contributed by atoms with Gasteiger partial charge in [0.05, 0.1) is 0 Å². The quantitative estimate of drug-likeness (QED) is 0.539. The highest BCUT2D eigenvalue weighted by Crippen LogP contribution is 2.42. The molecule has 3 heterocycles. The number of ether oxygens (including phenoxy) is 4. The summed E-state index contributed by atoms with van der Waals surface area (Å²) in [5.41, 5.74) is 0. The summed E-state index contributed by atoms with van der Waals surface area (Å²) < 4.78 is 21.7. The Labute approximate surface area is 86.7 Å². The number of aliphatic hydroxyl groups excluding tert-OH is 2. The Morgan fingerprint density at radius 1 is 0.933 bits per heavy atom. The zero-order valence-corrected chi connectivity index (χ0v) is 8.49. The van der Waals surface area contributed by atoms with Gasteiger partial charge in [0.15, 0.2) is 18.4 Å². The van der Waals surface area contributed by atoms with Gasteiger partial charge in [-0.1, -0.05) is 0 Å². The summed E-state index contributed by atoms with van der Waals surface area (Å²) in [5, 5.41) is 18.8. The average molecular weight is 218 g/mol. The normalized spacial score (nSPS) is 56.8. The van der Waals surface area contributed by atoms with Gasteiger partial charge < -0.3 is 29.2 Å². The van der Waals surface area contributed by atoms with E-state index in [0.717, 1.165) is 0 Å². The lowest BCUT2D eigenvalue weighted by atomic mass is 10.1. The SMILES string of the molecule is CC1(C)O[C@H]2O[C@H]3[C@H](OC(O)[C@H]3O)[C@H]2O1. The van der Waals surface area contributed by atoms with Gasteiger partial charge in [0, 0.05) is 0 Å². The summed E-state index contributed by atoms with van der Waals surface area (Å²) in [6, 6.07) is 0. The van der Waals surface area contributed by atoms with Gasteiger partial charge in [-0.05, 0) is 13.8 Å². The van der Waals surface area contributed by atoms with Gasteiger partial charge in [-0.2, -0.15) is 0 Å². The van der Waals surface area contributed by atoms with Crippen molar-refractivity contribution in [2.24, 2.45) is 0 Å². The highest BCUT2D eigenvalue weighted by Gasteiger charge is 2.61. The van der Waals surface area contributed by atoms with E-state index in [0.29, 0.717) is 0 Å². The monoisotopic (exact) mass is 218 g/mol. The third kappa shape index (κ3) is 1.33. The Bertz CT molecular complexity index is 280. The van der Waals surface area contributed by atoms with Crippen LogP contribution in [0.4, 0.5) is 0 Å².